The average Bonchev–Trinajstić information content (AvgIpc) is 2.58. The molecule has 0 N–H and O–H groups in total. The van der Waals surface area contributed by atoms with E-state index in [1.165, 1.54) is 12.1 Å². The second-order valence-electron chi connectivity index (χ2n) is 5.38. The first-order valence-corrected chi connectivity index (χ1v) is 7.31. The fourth-order valence-corrected chi connectivity index (χ4v) is 2.09. The van der Waals surface area contributed by atoms with Crippen molar-refractivity contribution in [2.24, 2.45) is 0 Å². The molecule has 24 heavy (non-hydrogen) atoms. The van der Waals surface area contributed by atoms with E-state index in [1.54, 1.807) is 37.3 Å². The fourth-order valence-electron chi connectivity index (χ4n) is 2.09. The molecule has 6 heteroatoms. The highest BCUT2D eigenvalue weighted by molar-refractivity contribution is 6.16. The van der Waals surface area contributed by atoms with Crippen molar-refractivity contribution in [2.75, 3.05) is 14.1 Å². The highest BCUT2D eigenvalue weighted by Gasteiger charge is 2.17. The summed E-state index contributed by atoms with van der Waals surface area (Å²) in [7, 11) is 3.53. The van der Waals surface area contributed by atoms with Crippen molar-refractivity contribution in [2.45, 2.75) is 6.61 Å². The van der Waals surface area contributed by atoms with E-state index in [0.29, 0.717) is 5.56 Å². The maximum absolute atomic E-state index is 12.4. The summed E-state index contributed by atoms with van der Waals surface area (Å²) in [6.07, 6.45) is 1.59. The number of nitrogens with zero attached hydrogens (tertiary/aromatic N) is 2. The van der Waals surface area contributed by atoms with Gasteiger partial charge in [0.15, 0.2) is 0 Å². The Morgan fingerprint density at radius 3 is 2.50 bits per heavy atom. The summed E-state index contributed by atoms with van der Waals surface area (Å²) in [4.78, 5) is 24.6. The number of ether oxygens (including phenoxy) is 1. The van der Waals surface area contributed by atoms with Crippen LogP contribution in [0.1, 0.15) is 11.1 Å². The first-order chi connectivity index (χ1) is 11.5. The van der Waals surface area contributed by atoms with E-state index in [2.05, 4.69) is 0 Å². The number of nitro groups is 1. The van der Waals surface area contributed by atoms with E-state index < -0.39 is 10.9 Å². The van der Waals surface area contributed by atoms with Crippen LogP contribution in [0.5, 0.6) is 0 Å². The Morgan fingerprint density at radius 2 is 1.88 bits per heavy atom. The van der Waals surface area contributed by atoms with Crippen LogP contribution < -0.4 is 0 Å². The van der Waals surface area contributed by atoms with Crippen LogP contribution in [0.3, 0.4) is 0 Å². The van der Waals surface area contributed by atoms with Crippen molar-refractivity contribution in [1.82, 2.24) is 4.90 Å². The van der Waals surface area contributed by atoms with Gasteiger partial charge in [0.25, 0.3) is 5.69 Å². The fraction of sp³-hybridized carbons (Fsp3) is 0.167. The molecule has 0 aliphatic carbocycles. The topological polar surface area (TPSA) is 72.7 Å². The Hall–Kier alpha value is -3.15. The highest BCUT2D eigenvalue weighted by atomic mass is 16.6. The van der Waals surface area contributed by atoms with Crippen molar-refractivity contribution < 1.29 is 14.5 Å². The Kier molecular flexibility index (Phi) is 5.68. The van der Waals surface area contributed by atoms with Crippen molar-refractivity contribution in [3.05, 3.63) is 82.0 Å². The number of hydrogen-bond donors (Lipinski definition) is 0. The molecule has 2 aromatic rings. The zero-order chi connectivity index (χ0) is 17.5. The van der Waals surface area contributed by atoms with Gasteiger partial charge in [-0.2, -0.15) is 0 Å². The molecule has 0 saturated carbocycles. The zero-order valence-electron chi connectivity index (χ0n) is 13.5. The molecule has 2 aromatic carbocycles. The van der Waals surface area contributed by atoms with Crippen LogP contribution in [-0.2, 0) is 16.1 Å². The van der Waals surface area contributed by atoms with E-state index >= 15 is 0 Å². The lowest BCUT2D eigenvalue weighted by atomic mass is 10.1. The van der Waals surface area contributed by atoms with Gasteiger partial charge in [-0.15, -0.1) is 0 Å². The van der Waals surface area contributed by atoms with Crippen molar-refractivity contribution in [3.63, 3.8) is 0 Å². The number of benzene rings is 2. The summed E-state index contributed by atoms with van der Waals surface area (Å²) in [6.45, 7) is 0.138. The van der Waals surface area contributed by atoms with Crippen molar-refractivity contribution >= 4 is 17.2 Å². The van der Waals surface area contributed by atoms with E-state index in [4.69, 9.17) is 4.74 Å². The molecule has 0 bridgehead atoms. The third-order valence-electron chi connectivity index (χ3n) is 3.19. The maximum atomic E-state index is 12.4. The van der Waals surface area contributed by atoms with Crippen LogP contribution in [-0.4, -0.2) is 29.9 Å². The Labute approximate surface area is 140 Å². The van der Waals surface area contributed by atoms with Gasteiger partial charge in [-0.1, -0.05) is 42.5 Å². The van der Waals surface area contributed by atoms with Crippen LogP contribution in [0, 0.1) is 10.1 Å². The molecule has 0 atom stereocenters. The third kappa shape index (κ3) is 4.67. The monoisotopic (exact) mass is 326 g/mol. The molecule has 0 radical (unpaired) electrons. The van der Waals surface area contributed by atoms with E-state index in [9.17, 15) is 14.9 Å². The molecule has 6 nitrogen and oxygen atoms in total. The number of non-ortho nitro benzene ring substituents is 1. The Balaban J connectivity index is 2.24. The molecule has 0 aliphatic heterocycles. The van der Waals surface area contributed by atoms with Gasteiger partial charge in [-0.25, -0.2) is 4.79 Å². The summed E-state index contributed by atoms with van der Waals surface area (Å²) < 4.78 is 5.34. The normalized spacial score (nSPS) is 11.0. The summed E-state index contributed by atoms with van der Waals surface area (Å²) in [6, 6.07) is 15.2. The smallest absolute Gasteiger partial charge is 0.340 e. The first-order valence-electron chi connectivity index (χ1n) is 7.31. The molecule has 0 unspecified atom stereocenters. The zero-order valence-corrected chi connectivity index (χ0v) is 13.5. The van der Waals surface area contributed by atoms with Crippen molar-refractivity contribution in [1.29, 1.82) is 0 Å². The van der Waals surface area contributed by atoms with Crippen LogP contribution >= 0.6 is 0 Å². The molecule has 2 rings (SSSR count). The molecule has 0 amide bonds. The van der Waals surface area contributed by atoms with E-state index in [0.717, 1.165) is 5.56 Å². The summed E-state index contributed by atoms with van der Waals surface area (Å²) in [5, 5.41) is 10.9. The van der Waals surface area contributed by atoms with Crippen LogP contribution in [0.25, 0.3) is 5.57 Å². The highest BCUT2D eigenvalue weighted by Crippen LogP contribution is 2.22. The van der Waals surface area contributed by atoms with Gasteiger partial charge < -0.3 is 9.64 Å². The molecule has 0 spiro atoms. The quantitative estimate of drug-likeness (QED) is 0.353. The minimum atomic E-state index is -0.534. The van der Waals surface area contributed by atoms with Crippen LogP contribution in [0.15, 0.2) is 60.8 Å². The molecule has 0 heterocycles. The predicted octanol–water partition coefficient (Wildman–Crippen LogP) is 3.24. The maximum Gasteiger partial charge on any atom is 0.340 e. The summed E-state index contributed by atoms with van der Waals surface area (Å²) >= 11 is 0. The van der Waals surface area contributed by atoms with Gasteiger partial charge in [0, 0.05) is 32.4 Å². The number of carbonyl (C=O) groups is 1. The van der Waals surface area contributed by atoms with Gasteiger partial charge >= 0.3 is 5.97 Å². The van der Waals surface area contributed by atoms with Gasteiger partial charge in [-0.05, 0) is 11.1 Å². The second kappa shape index (κ2) is 7.92. The van der Waals surface area contributed by atoms with Gasteiger partial charge in [-0.3, -0.25) is 10.1 Å². The Morgan fingerprint density at radius 1 is 1.17 bits per heavy atom. The third-order valence-corrected chi connectivity index (χ3v) is 3.19. The molecular weight excluding hydrogens is 308 g/mol. The van der Waals surface area contributed by atoms with Gasteiger partial charge in [0.05, 0.1) is 10.5 Å². The van der Waals surface area contributed by atoms with Crippen LogP contribution in [0.4, 0.5) is 5.69 Å². The molecule has 0 fully saturated rings. The number of carbonyl (C=O) groups excluding carboxylic acids is 1. The minimum absolute atomic E-state index is 0.0759. The molecule has 0 aromatic heterocycles. The van der Waals surface area contributed by atoms with Crippen molar-refractivity contribution in [3.8, 4) is 0 Å². The van der Waals surface area contributed by atoms with E-state index in [1.807, 2.05) is 30.3 Å². The van der Waals surface area contributed by atoms with E-state index in [-0.39, 0.29) is 17.9 Å². The molecule has 0 saturated heterocycles. The number of hydrogen-bond acceptors (Lipinski definition) is 5. The summed E-state index contributed by atoms with van der Waals surface area (Å²) in [5.41, 5.74) is 1.50. The standard InChI is InChI=1S/C18H18N2O4/c1-19(2)12-17(15-9-6-10-16(11-15)20(22)23)18(21)24-13-14-7-4-3-5-8-14/h3-12H,13H2,1-2H3. The average molecular weight is 326 g/mol. The Bertz CT molecular complexity index is 755. The van der Waals surface area contributed by atoms with Crippen LogP contribution in [0.2, 0.25) is 0 Å². The lowest BCUT2D eigenvalue weighted by molar-refractivity contribution is -0.384. The number of esters is 1. The lowest BCUT2D eigenvalue weighted by Crippen LogP contribution is -2.12. The summed E-state index contributed by atoms with van der Waals surface area (Å²) in [5.74, 6) is -0.534. The second-order valence-corrected chi connectivity index (χ2v) is 5.38. The predicted molar refractivity (Wildman–Crippen MR) is 91.0 cm³/mol. The molecular formula is C18H18N2O4. The molecule has 0 aliphatic rings. The SMILES string of the molecule is CN(C)C=C(C(=O)OCc1ccccc1)c1cccc([N+](=O)[O-])c1. The first kappa shape index (κ1) is 17.2. The number of nitro benzene ring substituents is 1. The molecule has 124 valence electrons. The van der Waals surface area contributed by atoms with Gasteiger partial charge in [0.1, 0.15) is 6.61 Å². The minimum Gasteiger partial charge on any atom is -0.457 e. The number of rotatable bonds is 6. The van der Waals surface area contributed by atoms with Gasteiger partial charge in [0.2, 0.25) is 0 Å². The lowest BCUT2D eigenvalue weighted by Gasteiger charge is -2.12. The largest absolute Gasteiger partial charge is 0.457 e.